The molecule has 3 aromatic carbocycles. The first-order valence-corrected chi connectivity index (χ1v) is 12.1. The number of hydrogen-bond donors (Lipinski definition) is 2. The fourth-order valence-electron chi connectivity index (χ4n) is 3.95. The van der Waals surface area contributed by atoms with Gasteiger partial charge >= 0.3 is 0 Å². The van der Waals surface area contributed by atoms with Crippen LogP contribution in [0, 0.1) is 10.1 Å². The molecule has 1 amide bonds. The molecule has 5 rings (SSSR count). The highest BCUT2D eigenvalue weighted by atomic mass is 35.5. The first-order valence-electron chi connectivity index (χ1n) is 11.3. The van der Waals surface area contributed by atoms with Gasteiger partial charge in [0.15, 0.2) is 10.7 Å². The van der Waals surface area contributed by atoms with Crippen LogP contribution in [0.3, 0.4) is 0 Å². The lowest BCUT2D eigenvalue weighted by molar-refractivity contribution is -0.384. The van der Waals surface area contributed by atoms with Crippen LogP contribution in [0.2, 0.25) is 5.02 Å². The van der Waals surface area contributed by atoms with Gasteiger partial charge in [0, 0.05) is 41.5 Å². The number of anilines is 2. The molecule has 0 spiro atoms. The van der Waals surface area contributed by atoms with Gasteiger partial charge in [-0.2, -0.15) is 0 Å². The van der Waals surface area contributed by atoms with Gasteiger partial charge in [0.2, 0.25) is 5.89 Å². The molecule has 0 radical (unpaired) electrons. The number of morpholine rings is 1. The van der Waals surface area contributed by atoms with Crippen LogP contribution in [0.15, 0.2) is 65.1 Å². The number of nitro groups is 1. The van der Waals surface area contributed by atoms with Gasteiger partial charge in [-0.05, 0) is 60.7 Å². The summed E-state index contributed by atoms with van der Waals surface area (Å²) in [5, 5.41) is 17.6. The third kappa shape index (κ3) is 5.53. The van der Waals surface area contributed by atoms with Gasteiger partial charge in [-0.1, -0.05) is 11.6 Å². The SMILES string of the molecule is O=C(NC(=S)Nc1ccc2oc(-c3ccc(Cl)cc3)nc2c1)c1cc([N+](=O)[O-])ccc1N1CCOCC1. The number of hydrogen-bond acceptors (Lipinski definition) is 8. The quantitative estimate of drug-likeness (QED) is 0.205. The lowest BCUT2D eigenvalue weighted by Gasteiger charge is -2.30. The van der Waals surface area contributed by atoms with Gasteiger partial charge < -0.3 is 19.4 Å². The van der Waals surface area contributed by atoms with Crippen molar-refractivity contribution in [2.45, 2.75) is 0 Å². The van der Waals surface area contributed by atoms with Gasteiger partial charge in [-0.15, -0.1) is 0 Å². The number of non-ortho nitro benzene ring substituents is 1. The second kappa shape index (κ2) is 10.5. The molecule has 1 fully saturated rings. The summed E-state index contributed by atoms with van der Waals surface area (Å²) in [6.07, 6.45) is 0. The van der Waals surface area contributed by atoms with E-state index in [-0.39, 0.29) is 16.4 Å². The molecular formula is C25H20ClN5O5S. The van der Waals surface area contributed by atoms with Crippen molar-refractivity contribution < 1.29 is 18.9 Å². The molecule has 0 bridgehead atoms. The molecule has 12 heteroatoms. The third-order valence-corrected chi connectivity index (χ3v) is 6.21. The summed E-state index contributed by atoms with van der Waals surface area (Å²) in [5.41, 5.74) is 3.09. The van der Waals surface area contributed by atoms with Crippen molar-refractivity contribution in [1.29, 1.82) is 0 Å². The molecule has 37 heavy (non-hydrogen) atoms. The predicted molar refractivity (Wildman–Crippen MR) is 144 cm³/mol. The van der Waals surface area contributed by atoms with E-state index in [2.05, 4.69) is 15.6 Å². The molecule has 4 aromatic rings. The number of halogens is 1. The van der Waals surface area contributed by atoms with Gasteiger partial charge in [0.25, 0.3) is 11.6 Å². The van der Waals surface area contributed by atoms with Crippen LogP contribution in [0.1, 0.15) is 10.4 Å². The summed E-state index contributed by atoms with van der Waals surface area (Å²) < 4.78 is 11.2. The molecule has 188 valence electrons. The maximum atomic E-state index is 13.1. The summed E-state index contributed by atoms with van der Waals surface area (Å²) in [5.74, 6) is -0.115. The first-order chi connectivity index (χ1) is 17.9. The highest BCUT2D eigenvalue weighted by Gasteiger charge is 2.23. The minimum atomic E-state index is -0.560. The van der Waals surface area contributed by atoms with Gasteiger partial charge in [-0.3, -0.25) is 20.2 Å². The zero-order valence-corrected chi connectivity index (χ0v) is 20.8. The summed E-state index contributed by atoms with van der Waals surface area (Å²) in [6.45, 7) is 2.14. The summed E-state index contributed by atoms with van der Waals surface area (Å²) in [6, 6.07) is 16.6. The van der Waals surface area contributed by atoms with E-state index in [1.165, 1.54) is 12.1 Å². The number of thiocarbonyl (C=S) groups is 1. The molecular weight excluding hydrogens is 518 g/mol. The summed E-state index contributed by atoms with van der Waals surface area (Å²) in [7, 11) is 0. The van der Waals surface area contributed by atoms with Gasteiger partial charge in [0.05, 0.1) is 29.4 Å². The van der Waals surface area contributed by atoms with E-state index in [4.69, 9.17) is 33.0 Å². The molecule has 1 saturated heterocycles. The zero-order chi connectivity index (χ0) is 25.9. The smallest absolute Gasteiger partial charge is 0.270 e. The van der Waals surface area contributed by atoms with E-state index in [1.807, 2.05) is 17.0 Å². The topological polar surface area (TPSA) is 123 Å². The van der Waals surface area contributed by atoms with E-state index < -0.39 is 10.8 Å². The number of aromatic nitrogens is 1. The Morgan fingerprint density at radius 2 is 1.84 bits per heavy atom. The number of amides is 1. The lowest BCUT2D eigenvalue weighted by Crippen LogP contribution is -2.39. The van der Waals surface area contributed by atoms with Crippen molar-refractivity contribution in [3.8, 4) is 11.5 Å². The fourth-order valence-corrected chi connectivity index (χ4v) is 4.29. The van der Waals surface area contributed by atoms with E-state index >= 15 is 0 Å². The normalized spacial score (nSPS) is 13.4. The van der Waals surface area contributed by atoms with Crippen molar-refractivity contribution in [3.63, 3.8) is 0 Å². The Kier molecular flexibility index (Phi) is 6.99. The maximum absolute atomic E-state index is 13.1. The Balaban J connectivity index is 1.33. The third-order valence-electron chi connectivity index (χ3n) is 5.75. The molecule has 1 aliphatic rings. The maximum Gasteiger partial charge on any atom is 0.270 e. The van der Waals surface area contributed by atoms with Crippen LogP contribution in [0.25, 0.3) is 22.6 Å². The number of nitrogens with zero attached hydrogens (tertiary/aromatic N) is 3. The molecule has 0 saturated carbocycles. The average Bonchev–Trinajstić information content (AvgIpc) is 3.32. The van der Waals surface area contributed by atoms with E-state index in [9.17, 15) is 14.9 Å². The molecule has 2 N–H and O–H groups in total. The molecule has 2 heterocycles. The molecule has 0 unspecified atom stereocenters. The summed E-state index contributed by atoms with van der Waals surface area (Å²) >= 11 is 11.3. The Labute approximate surface area is 221 Å². The second-order valence-corrected chi connectivity index (χ2v) is 9.02. The molecule has 0 aliphatic carbocycles. The van der Waals surface area contributed by atoms with Crippen molar-refractivity contribution in [2.24, 2.45) is 0 Å². The van der Waals surface area contributed by atoms with Crippen molar-refractivity contribution >= 4 is 63.0 Å². The molecule has 1 aliphatic heterocycles. The highest BCUT2D eigenvalue weighted by molar-refractivity contribution is 7.80. The molecule has 0 atom stereocenters. The van der Waals surface area contributed by atoms with E-state index in [0.29, 0.717) is 59.7 Å². The number of nitro benzene ring substituents is 1. The number of oxazole rings is 1. The molecule has 1 aromatic heterocycles. The Hall–Kier alpha value is -4.06. The van der Waals surface area contributed by atoms with Crippen molar-refractivity contribution in [3.05, 3.63) is 81.4 Å². The Morgan fingerprint density at radius 1 is 1.08 bits per heavy atom. The van der Waals surface area contributed by atoms with Crippen LogP contribution in [0.5, 0.6) is 0 Å². The first kappa shape index (κ1) is 24.6. The minimum absolute atomic E-state index is 0.0326. The van der Waals surface area contributed by atoms with E-state index in [0.717, 1.165) is 5.56 Å². The monoisotopic (exact) mass is 537 g/mol. The lowest BCUT2D eigenvalue weighted by atomic mass is 10.1. The average molecular weight is 538 g/mol. The zero-order valence-electron chi connectivity index (χ0n) is 19.3. The predicted octanol–water partition coefficient (Wildman–Crippen LogP) is 5.02. The van der Waals surface area contributed by atoms with Gasteiger partial charge in [0.1, 0.15) is 5.52 Å². The number of benzene rings is 3. The van der Waals surface area contributed by atoms with Crippen LogP contribution in [-0.4, -0.2) is 47.2 Å². The second-order valence-electron chi connectivity index (χ2n) is 8.17. The minimum Gasteiger partial charge on any atom is -0.436 e. The van der Waals surface area contributed by atoms with E-state index in [1.54, 1.807) is 36.4 Å². The number of rotatable bonds is 5. The highest BCUT2D eigenvalue weighted by Crippen LogP contribution is 2.28. The Bertz CT molecular complexity index is 1500. The number of carbonyl (C=O) groups is 1. The van der Waals surface area contributed by atoms with Crippen LogP contribution in [0.4, 0.5) is 17.1 Å². The van der Waals surface area contributed by atoms with Crippen LogP contribution in [-0.2, 0) is 4.74 Å². The number of ether oxygens (including phenoxy) is 1. The van der Waals surface area contributed by atoms with Crippen LogP contribution < -0.4 is 15.5 Å². The number of carbonyl (C=O) groups excluding carboxylic acids is 1. The van der Waals surface area contributed by atoms with Gasteiger partial charge in [-0.25, -0.2) is 4.98 Å². The van der Waals surface area contributed by atoms with Crippen molar-refractivity contribution in [2.75, 3.05) is 36.5 Å². The largest absolute Gasteiger partial charge is 0.436 e. The molecule has 10 nitrogen and oxygen atoms in total. The van der Waals surface area contributed by atoms with Crippen LogP contribution >= 0.6 is 23.8 Å². The summed E-state index contributed by atoms with van der Waals surface area (Å²) in [4.78, 5) is 30.4. The standard InChI is InChI=1S/C25H20ClN5O5S/c26-16-3-1-15(2-4-16)24-28-20-13-17(5-8-22(20)36-24)27-25(37)29-23(32)19-14-18(31(33)34)6-7-21(19)30-9-11-35-12-10-30/h1-8,13-14H,9-12H2,(H2,27,29,32,37). The number of nitrogens with one attached hydrogen (secondary N) is 2. The number of fused-ring (bicyclic) bond motifs is 1. The van der Waals surface area contributed by atoms with Crippen molar-refractivity contribution in [1.82, 2.24) is 10.3 Å². The Morgan fingerprint density at radius 3 is 2.57 bits per heavy atom. The fraction of sp³-hybridized carbons (Fsp3) is 0.160.